The van der Waals surface area contributed by atoms with Crippen molar-refractivity contribution in [1.29, 1.82) is 0 Å². The van der Waals surface area contributed by atoms with E-state index in [-0.39, 0.29) is 11.2 Å². The molecule has 0 rings (SSSR count). The van der Waals surface area contributed by atoms with Gasteiger partial charge in [0.25, 0.3) is 0 Å². The number of hydrogen-bond acceptors (Lipinski definition) is 1. The van der Waals surface area contributed by atoms with Gasteiger partial charge in [-0.25, -0.2) is 4.39 Å². The van der Waals surface area contributed by atoms with E-state index < -0.39 is 0 Å². The Bertz CT molecular complexity index is 266. The van der Waals surface area contributed by atoms with Crippen molar-refractivity contribution in [3.8, 4) is 0 Å². The molecule has 0 aromatic heterocycles. The molecule has 0 saturated heterocycles. The van der Waals surface area contributed by atoms with E-state index in [1.54, 1.807) is 0 Å². The molecule has 0 saturated carbocycles. The summed E-state index contributed by atoms with van der Waals surface area (Å²) in [4.78, 5) is 11.7. The van der Waals surface area contributed by atoms with Crippen LogP contribution >= 0.6 is 22.6 Å². The van der Waals surface area contributed by atoms with Gasteiger partial charge in [0, 0.05) is 15.9 Å². The maximum Gasteiger partial charge on any atom is 0.138 e. The molecule has 3 heteroatoms. The van der Waals surface area contributed by atoms with Crippen molar-refractivity contribution in [2.45, 2.75) is 72.1 Å². The molecular weight excluding hydrogens is 342 g/mol. The molecule has 0 aromatic rings. The molecule has 0 aliphatic carbocycles. The van der Waals surface area contributed by atoms with Gasteiger partial charge in [-0.15, -0.1) is 0 Å². The number of ketones is 1. The maximum absolute atomic E-state index is 12.8. The summed E-state index contributed by atoms with van der Waals surface area (Å²) in [6.07, 6.45) is 7.73. The first-order chi connectivity index (χ1) is 8.38. The number of hydrogen-bond donors (Lipinski definition) is 0. The molecule has 0 radical (unpaired) electrons. The molecule has 0 unspecified atom stereocenters. The third-order valence-electron chi connectivity index (χ3n) is 3.02. The first-order valence-corrected chi connectivity index (χ1v) is 8.10. The fourth-order valence-electron chi connectivity index (χ4n) is 1.72. The number of allylic oxidation sites excluding steroid dienone is 1. The lowest BCUT2D eigenvalue weighted by Gasteiger charge is -2.16. The minimum atomic E-state index is -0.191. The minimum absolute atomic E-state index is 0.00799. The molecule has 0 spiro atoms. The van der Waals surface area contributed by atoms with Crippen LogP contribution in [-0.4, -0.2) is 5.78 Å². The summed E-state index contributed by atoms with van der Waals surface area (Å²) >= 11 is 1.94. The second-order valence-electron chi connectivity index (χ2n) is 5.85. The van der Waals surface area contributed by atoms with Gasteiger partial charge in [0.2, 0.25) is 0 Å². The summed E-state index contributed by atoms with van der Waals surface area (Å²) in [6.45, 7) is 5.93. The number of carbonyl (C=O) groups is 1. The number of halogens is 2. The average Bonchev–Trinajstić information content (AvgIpc) is 2.30. The first-order valence-electron chi connectivity index (χ1n) is 6.86. The summed E-state index contributed by atoms with van der Waals surface area (Å²) in [7, 11) is 0. The summed E-state index contributed by atoms with van der Waals surface area (Å²) in [6, 6.07) is 0. The number of Topliss-reactive ketones (excluding diaryl/α,β-unsaturated/α-hetero) is 1. The Hall–Kier alpha value is 0.0700. The summed E-state index contributed by atoms with van der Waals surface area (Å²) in [5, 5.41) is 0. The molecule has 0 atom stereocenters. The topological polar surface area (TPSA) is 17.1 Å². The van der Waals surface area contributed by atoms with Crippen molar-refractivity contribution >= 4 is 28.4 Å². The fraction of sp³-hybridized carbons (Fsp3) is 0.800. The second-order valence-corrected chi connectivity index (χ2v) is 6.47. The van der Waals surface area contributed by atoms with Gasteiger partial charge in [0.15, 0.2) is 0 Å². The molecule has 0 N–H and O–H groups in total. The predicted octanol–water partition coefficient (Wildman–Crippen LogP) is 5.97. The lowest BCUT2D eigenvalue weighted by Crippen LogP contribution is -2.19. The Kier molecular flexibility index (Phi) is 9.97. The van der Waals surface area contributed by atoms with Gasteiger partial charge in [-0.05, 0) is 19.3 Å². The van der Waals surface area contributed by atoms with Crippen molar-refractivity contribution in [2.24, 2.45) is 5.41 Å². The average molecular weight is 368 g/mol. The van der Waals surface area contributed by atoms with Gasteiger partial charge in [-0.2, -0.15) is 0 Å². The standard InChI is InChI=1S/C15H26FIO/c1-15(2,3)14(18)11-9-7-5-4-6-8-10-13(16)12-17/h12H,4-11H2,1-3H3/b13-12-. The maximum atomic E-state index is 12.8. The van der Waals surface area contributed by atoms with E-state index >= 15 is 0 Å². The van der Waals surface area contributed by atoms with Crippen LogP contribution in [0.25, 0.3) is 0 Å². The number of rotatable bonds is 9. The molecule has 0 amide bonds. The quantitative estimate of drug-likeness (QED) is 0.362. The molecule has 0 aliphatic heterocycles. The van der Waals surface area contributed by atoms with Crippen LogP contribution in [0.2, 0.25) is 0 Å². The second kappa shape index (κ2) is 9.93. The third-order valence-corrected chi connectivity index (χ3v) is 3.70. The fourth-order valence-corrected chi connectivity index (χ4v) is 2.03. The zero-order chi connectivity index (χ0) is 14.0. The van der Waals surface area contributed by atoms with Crippen LogP contribution in [0.3, 0.4) is 0 Å². The lowest BCUT2D eigenvalue weighted by molar-refractivity contribution is -0.126. The van der Waals surface area contributed by atoms with E-state index in [0.29, 0.717) is 18.6 Å². The van der Waals surface area contributed by atoms with E-state index in [4.69, 9.17) is 0 Å². The molecular formula is C15H26FIO. The van der Waals surface area contributed by atoms with Gasteiger partial charge < -0.3 is 0 Å². The molecule has 0 fully saturated rings. The van der Waals surface area contributed by atoms with E-state index in [9.17, 15) is 9.18 Å². The van der Waals surface area contributed by atoms with Gasteiger partial charge >= 0.3 is 0 Å². The van der Waals surface area contributed by atoms with Crippen molar-refractivity contribution in [2.75, 3.05) is 0 Å². The summed E-state index contributed by atoms with van der Waals surface area (Å²) < 4.78 is 14.3. The highest BCUT2D eigenvalue weighted by Gasteiger charge is 2.19. The molecule has 0 aromatic carbocycles. The van der Waals surface area contributed by atoms with Crippen LogP contribution in [0, 0.1) is 5.41 Å². The third kappa shape index (κ3) is 10.0. The SMILES string of the molecule is CC(C)(C)C(=O)CCCCCCCC/C(F)=C/I. The van der Waals surface area contributed by atoms with Crippen LogP contribution in [0.15, 0.2) is 9.91 Å². The van der Waals surface area contributed by atoms with Crippen molar-refractivity contribution in [1.82, 2.24) is 0 Å². The van der Waals surface area contributed by atoms with Gasteiger partial charge in [-0.3, -0.25) is 4.79 Å². The van der Waals surface area contributed by atoms with E-state index in [1.807, 2.05) is 43.4 Å². The lowest BCUT2D eigenvalue weighted by atomic mass is 9.88. The van der Waals surface area contributed by atoms with Crippen LogP contribution < -0.4 is 0 Å². The first kappa shape index (κ1) is 18.1. The Morgan fingerprint density at radius 1 is 1.00 bits per heavy atom. The molecule has 106 valence electrons. The van der Waals surface area contributed by atoms with Crippen molar-refractivity contribution in [3.63, 3.8) is 0 Å². The largest absolute Gasteiger partial charge is 0.299 e. The Labute approximate surface area is 125 Å². The molecule has 0 bridgehead atoms. The molecule has 0 heterocycles. The molecule has 18 heavy (non-hydrogen) atoms. The Morgan fingerprint density at radius 3 is 1.89 bits per heavy atom. The van der Waals surface area contributed by atoms with E-state index in [2.05, 4.69) is 0 Å². The Morgan fingerprint density at radius 2 is 1.44 bits per heavy atom. The van der Waals surface area contributed by atoms with E-state index in [0.717, 1.165) is 38.5 Å². The van der Waals surface area contributed by atoms with Gasteiger partial charge in [0.05, 0.1) is 0 Å². The molecule has 0 aliphatic rings. The van der Waals surface area contributed by atoms with Crippen LogP contribution in [0.5, 0.6) is 0 Å². The van der Waals surface area contributed by atoms with Crippen LogP contribution in [0.1, 0.15) is 72.1 Å². The molecule has 1 nitrogen and oxygen atoms in total. The van der Waals surface area contributed by atoms with Crippen LogP contribution in [-0.2, 0) is 4.79 Å². The highest BCUT2D eigenvalue weighted by Crippen LogP contribution is 2.19. The minimum Gasteiger partial charge on any atom is -0.299 e. The smallest absolute Gasteiger partial charge is 0.138 e. The Balaban J connectivity index is 3.34. The summed E-state index contributed by atoms with van der Waals surface area (Å²) in [5.41, 5.74) is -0.191. The van der Waals surface area contributed by atoms with E-state index in [1.165, 1.54) is 4.08 Å². The number of unbranched alkanes of at least 4 members (excludes halogenated alkanes) is 5. The van der Waals surface area contributed by atoms with Gasteiger partial charge in [-0.1, -0.05) is 69.0 Å². The normalized spacial score (nSPS) is 12.8. The highest BCUT2D eigenvalue weighted by molar-refractivity contribution is 14.1. The van der Waals surface area contributed by atoms with Crippen LogP contribution in [0.4, 0.5) is 4.39 Å². The zero-order valence-electron chi connectivity index (χ0n) is 11.9. The van der Waals surface area contributed by atoms with Crippen molar-refractivity contribution in [3.05, 3.63) is 9.91 Å². The number of carbonyl (C=O) groups excluding carboxylic acids is 1. The van der Waals surface area contributed by atoms with Gasteiger partial charge in [0.1, 0.15) is 11.6 Å². The predicted molar refractivity (Wildman–Crippen MR) is 84.6 cm³/mol. The zero-order valence-corrected chi connectivity index (χ0v) is 14.1. The highest BCUT2D eigenvalue weighted by atomic mass is 127. The van der Waals surface area contributed by atoms with Crippen molar-refractivity contribution < 1.29 is 9.18 Å². The monoisotopic (exact) mass is 368 g/mol. The summed E-state index contributed by atoms with van der Waals surface area (Å²) in [5.74, 6) is 0.350.